The highest BCUT2D eigenvalue weighted by atomic mass is 16.6. The Labute approximate surface area is 501 Å². The van der Waals surface area contributed by atoms with E-state index in [9.17, 15) is 14.4 Å². The molecule has 1 atom stereocenters. The summed E-state index contributed by atoms with van der Waals surface area (Å²) in [6.07, 6.45) is 94.9. The predicted octanol–water partition coefficient (Wildman–Crippen LogP) is 23.6. The molecule has 6 heteroatoms. The Hall–Kier alpha value is -4.19. The third-order valence-corrected chi connectivity index (χ3v) is 14.5. The summed E-state index contributed by atoms with van der Waals surface area (Å²) in [7, 11) is 0. The van der Waals surface area contributed by atoms with E-state index in [4.69, 9.17) is 14.2 Å². The molecule has 0 fully saturated rings. The second-order valence-corrected chi connectivity index (χ2v) is 22.4. The molecular formula is C75H126O6. The van der Waals surface area contributed by atoms with Crippen LogP contribution in [0.5, 0.6) is 0 Å². The van der Waals surface area contributed by atoms with Crippen LogP contribution < -0.4 is 0 Å². The average molecular weight is 1120 g/mol. The Morgan fingerprint density at radius 2 is 0.481 bits per heavy atom. The Morgan fingerprint density at radius 1 is 0.259 bits per heavy atom. The summed E-state index contributed by atoms with van der Waals surface area (Å²) in [6.45, 7) is 6.50. The Kier molecular flexibility index (Phi) is 64.8. The number of carbonyl (C=O) groups is 3. The van der Waals surface area contributed by atoms with Crippen LogP contribution in [0, 0.1) is 0 Å². The van der Waals surface area contributed by atoms with E-state index in [2.05, 4.69) is 142 Å². The summed E-state index contributed by atoms with van der Waals surface area (Å²) < 4.78 is 16.9. The van der Waals surface area contributed by atoms with Crippen molar-refractivity contribution in [3.63, 3.8) is 0 Å². The van der Waals surface area contributed by atoms with Crippen LogP contribution in [0.4, 0.5) is 0 Å². The van der Waals surface area contributed by atoms with Gasteiger partial charge in [-0.3, -0.25) is 14.4 Å². The largest absolute Gasteiger partial charge is 0.462 e. The molecular weight excluding hydrogens is 997 g/mol. The number of hydrogen-bond acceptors (Lipinski definition) is 6. The van der Waals surface area contributed by atoms with Crippen LogP contribution >= 0.6 is 0 Å². The molecule has 1 unspecified atom stereocenters. The summed E-state index contributed by atoms with van der Waals surface area (Å²) in [4.78, 5) is 38.4. The molecule has 0 aliphatic carbocycles. The first kappa shape index (κ1) is 76.8. The lowest BCUT2D eigenvalue weighted by molar-refractivity contribution is -0.167. The lowest BCUT2D eigenvalue weighted by atomic mass is 10.0. The summed E-state index contributed by atoms with van der Waals surface area (Å²) >= 11 is 0. The van der Waals surface area contributed by atoms with Gasteiger partial charge in [-0.05, 0) is 116 Å². The van der Waals surface area contributed by atoms with E-state index >= 15 is 0 Å². The summed E-state index contributed by atoms with van der Waals surface area (Å²) in [5, 5.41) is 0. The van der Waals surface area contributed by atoms with E-state index in [0.29, 0.717) is 19.3 Å². The molecule has 0 heterocycles. The van der Waals surface area contributed by atoms with Crippen LogP contribution in [0.1, 0.15) is 316 Å². The van der Waals surface area contributed by atoms with Crippen molar-refractivity contribution in [1.82, 2.24) is 0 Å². The van der Waals surface area contributed by atoms with E-state index in [1.165, 1.54) is 161 Å². The van der Waals surface area contributed by atoms with Gasteiger partial charge in [0.25, 0.3) is 0 Å². The SMILES string of the molecule is CC/C=C\C/C=C\C/C=C\C/C=C\C/C=C\C/C=C\C/C=C\C/C=C\CCCCC(=O)OCC(COC(=O)CCCCCCCCCCCCCCCCCCC)OC(=O)CCCCCCCCCCC/C=C\C/C=C\CCCCC. The minimum atomic E-state index is -0.802. The summed E-state index contributed by atoms with van der Waals surface area (Å²) in [5.74, 6) is -0.932. The van der Waals surface area contributed by atoms with E-state index < -0.39 is 6.10 Å². The third-order valence-electron chi connectivity index (χ3n) is 14.5. The monoisotopic (exact) mass is 1120 g/mol. The number of allylic oxidation sites excluding steroid dienone is 20. The van der Waals surface area contributed by atoms with Gasteiger partial charge in [0.05, 0.1) is 0 Å². The Bertz CT molecular complexity index is 1670. The van der Waals surface area contributed by atoms with E-state index in [-0.39, 0.29) is 31.1 Å². The summed E-state index contributed by atoms with van der Waals surface area (Å²) in [6, 6.07) is 0. The van der Waals surface area contributed by atoms with Gasteiger partial charge < -0.3 is 14.2 Å². The third kappa shape index (κ3) is 66.5. The Morgan fingerprint density at radius 3 is 0.802 bits per heavy atom. The van der Waals surface area contributed by atoms with Crippen LogP contribution in [-0.2, 0) is 28.6 Å². The van der Waals surface area contributed by atoms with Crippen molar-refractivity contribution < 1.29 is 28.6 Å². The van der Waals surface area contributed by atoms with Crippen LogP contribution in [0.15, 0.2) is 122 Å². The van der Waals surface area contributed by atoms with Gasteiger partial charge in [-0.2, -0.15) is 0 Å². The highest BCUT2D eigenvalue weighted by molar-refractivity contribution is 5.71. The van der Waals surface area contributed by atoms with Crippen molar-refractivity contribution in [1.29, 1.82) is 0 Å². The molecule has 0 rings (SSSR count). The van der Waals surface area contributed by atoms with Crippen LogP contribution in [0.3, 0.4) is 0 Å². The molecule has 0 radical (unpaired) electrons. The van der Waals surface area contributed by atoms with E-state index in [0.717, 1.165) is 116 Å². The molecule has 0 bridgehead atoms. The molecule has 0 saturated heterocycles. The number of ether oxygens (including phenoxy) is 3. The van der Waals surface area contributed by atoms with Gasteiger partial charge in [-0.15, -0.1) is 0 Å². The standard InChI is InChI=1S/C75H126O6/c1-4-7-10-13-16-19-22-25-28-31-33-34-35-36-37-38-39-40-42-44-47-50-53-56-59-62-65-68-74(77)80-71-72(70-79-73(76)67-64-61-58-55-52-49-46-43-30-27-24-21-18-15-12-9-6-3)81-75(78)69-66-63-60-57-54-51-48-45-41-32-29-26-23-20-17-14-11-8-5-2/h7,10,16-17,19-20,25-26,28-29,33-34,36-37,39-40,44,47,53,56,72H,4-6,8-9,11-15,18,21-24,27,30-32,35,38,41-43,45-46,48-52,54-55,57-71H2,1-3H3/b10-7-,19-16-,20-17-,28-25-,29-26-,34-33-,37-36-,40-39-,47-44-,56-53-. The van der Waals surface area contributed by atoms with Crippen LogP contribution in [-0.4, -0.2) is 37.2 Å². The fraction of sp³-hybridized carbons (Fsp3) is 0.693. The van der Waals surface area contributed by atoms with Gasteiger partial charge in [0, 0.05) is 19.3 Å². The molecule has 0 amide bonds. The maximum Gasteiger partial charge on any atom is 0.306 e. The first-order chi connectivity index (χ1) is 40.0. The lowest BCUT2D eigenvalue weighted by Crippen LogP contribution is -2.30. The fourth-order valence-corrected chi connectivity index (χ4v) is 9.37. The first-order valence-corrected chi connectivity index (χ1v) is 34.0. The maximum absolute atomic E-state index is 12.9. The number of esters is 3. The summed E-state index contributed by atoms with van der Waals surface area (Å²) in [5.41, 5.74) is 0. The molecule has 0 aromatic heterocycles. The van der Waals surface area contributed by atoms with Crippen molar-refractivity contribution in [2.45, 2.75) is 322 Å². The molecule has 0 aliphatic heterocycles. The molecule has 0 saturated carbocycles. The number of rotatable bonds is 61. The normalized spacial score (nSPS) is 12.9. The van der Waals surface area contributed by atoms with Crippen molar-refractivity contribution in [2.75, 3.05) is 13.2 Å². The first-order valence-electron chi connectivity index (χ1n) is 34.0. The number of hydrogen-bond donors (Lipinski definition) is 0. The van der Waals surface area contributed by atoms with E-state index in [1.54, 1.807) is 0 Å². The highest BCUT2D eigenvalue weighted by Gasteiger charge is 2.19. The van der Waals surface area contributed by atoms with Gasteiger partial charge in [-0.25, -0.2) is 0 Å². The van der Waals surface area contributed by atoms with Gasteiger partial charge in [0.2, 0.25) is 0 Å². The highest BCUT2D eigenvalue weighted by Crippen LogP contribution is 2.16. The predicted molar refractivity (Wildman–Crippen MR) is 353 cm³/mol. The maximum atomic E-state index is 12.9. The molecule has 0 aromatic carbocycles. The van der Waals surface area contributed by atoms with Gasteiger partial charge >= 0.3 is 17.9 Å². The van der Waals surface area contributed by atoms with E-state index in [1.807, 2.05) is 0 Å². The zero-order valence-electron chi connectivity index (χ0n) is 53.0. The topological polar surface area (TPSA) is 78.9 Å². The minimum Gasteiger partial charge on any atom is -0.462 e. The van der Waals surface area contributed by atoms with Gasteiger partial charge in [-0.1, -0.05) is 303 Å². The molecule has 462 valence electrons. The molecule has 0 N–H and O–H groups in total. The van der Waals surface area contributed by atoms with Crippen molar-refractivity contribution in [3.05, 3.63) is 122 Å². The van der Waals surface area contributed by atoms with Crippen LogP contribution in [0.2, 0.25) is 0 Å². The van der Waals surface area contributed by atoms with Gasteiger partial charge in [0.15, 0.2) is 6.10 Å². The minimum absolute atomic E-state index is 0.0930. The molecule has 81 heavy (non-hydrogen) atoms. The number of carbonyl (C=O) groups excluding carboxylic acids is 3. The second-order valence-electron chi connectivity index (χ2n) is 22.4. The van der Waals surface area contributed by atoms with Crippen molar-refractivity contribution in [2.24, 2.45) is 0 Å². The second kappa shape index (κ2) is 68.3. The fourth-order valence-electron chi connectivity index (χ4n) is 9.37. The zero-order valence-corrected chi connectivity index (χ0v) is 53.0. The number of unbranched alkanes of at least 4 members (excludes halogenated alkanes) is 30. The quantitative estimate of drug-likeness (QED) is 0.0261. The molecule has 6 nitrogen and oxygen atoms in total. The molecule has 0 spiro atoms. The molecule has 0 aliphatic rings. The van der Waals surface area contributed by atoms with Gasteiger partial charge in [0.1, 0.15) is 13.2 Å². The lowest BCUT2D eigenvalue weighted by Gasteiger charge is -2.18. The Balaban J connectivity index is 4.46. The molecule has 0 aromatic rings. The zero-order chi connectivity index (χ0) is 58.5. The smallest absolute Gasteiger partial charge is 0.306 e. The average Bonchev–Trinajstić information content (AvgIpc) is 3.47. The van der Waals surface area contributed by atoms with Crippen LogP contribution in [0.25, 0.3) is 0 Å². The van der Waals surface area contributed by atoms with Crippen molar-refractivity contribution >= 4 is 17.9 Å². The van der Waals surface area contributed by atoms with Crippen molar-refractivity contribution in [3.8, 4) is 0 Å².